The molecule has 2 nitrogen and oxygen atoms in total. The SMILES string of the molecule is Cc1cc(C)c(C)c(Oc2ncc(Br)cc2CCl)c1. The molecule has 0 spiro atoms. The van der Waals surface area contributed by atoms with Gasteiger partial charge in [0.15, 0.2) is 0 Å². The van der Waals surface area contributed by atoms with Crippen LogP contribution in [-0.4, -0.2) is 4.98 Å². The molecular weight excluding hydrogens is 326 g/mol. The number of nitrogens with zero attached hydrogens (tertiary/aromatic N) is 1. The van der Waals surface area contributed by atoms with Crippen molar-refractivity contribution in [2.24, 2.45) is 0 Å². The van der Waals surface area contributed by atoms with Gasteiger partial charge in [0.25, 0.3) is 0 Å². The highest BCUT2D eigenvalue weighted by atomic mass is 79.9. The molecule has 0 saturated heterocycles. The van der Waals surface area contributed by atoms with Gasteiger partial charge in [-0.15, -0.1) is 11.6 Å². The Hall–Kier alpha value is -1.06. The second-order valence-corrected chi connectivity index (χ2v) is 5.74. The van der Waals surface area contributed by atoms with Crippen molar-refractivity contribution < 1.29 is 4.74 Å². The van der Waals surface area contributed by atoms with E-state index in [0.29, 0.717) is 11.8 Å². The highest BCUT2D eigenvalue weighted by Gasteiger charge is 2.10. The fourth-order valence-electron chi connectivity index (χ4n) is 1.87. The van der Waals surface area contributed by atoms with Crippen LogP contribution >= 0.6 is 27.5 Å². The van der Waals surface area contributed by atoms with Crippen LogP contribution in [0.25, 0.3) is 0 Å². The predicted octanol–water partition coefficient (Wildman–Crippen LogP) is 5.30. The molecule has 0 radical (unpaired) electrons. The summed E-state index contributed by atoms with van der Waals surface area (Å²) in [6, 6.07) is 6.08. The average molecular weight is 341 g/mol. The Morgan fingerprint density at radius 1 is 1.21 bits per heavy atom. The van der Waals surface area contributed by atoms with Gasteiger partial charge in [-0.1, -0.05) is 6.07 Å². The van der Waals surface area contributed by atoms with Crippen LogP contribution in [0.1, 0.15) is 22.3 Å². The molecule has 0 unspecified atom stereocenters. The summed E-state index contributed by atoms with van der Waals surface area (Å²) in [4.78, 5) is 4.29. The van der Waals surface area contributed by atoms with E-state index in [-0.39, 0.29) is 0 Å². The van der Waals surface area contributed by atoms with E-state index in [1.165, 1.54) is 11.1 Å². The maximum atomic E-state index is 5.93. The maximum absolute atomic E-state index is 5.93. The number of ether oxygens (including phenoxy) is 1. The Labute approximate surface area is 126 Å². The summed E-state index contributed by atoms with van der Waals surface area (Å²) in [6.45, 7) is 6.17. The van der Waals surface area contributed by atoms with Crippen LogP contribution in [-0.2, 0) is 5.88 Å². The Kier molecular flexibility index (Phi) is 4.48. The number of hydrogen-bond acceptors (Lipinski definition) is 2. The maximum Gasteiger partial charge on any atom is 0.223 e. The molecule has 0 amide bonds. The summed E-state index contributed by atoms with van der Waals surface area (Å²) in [5.41, 5.74) is 4.37. The molecule has 19 heavy (non-hydrogen) atoms. The molecule has 0 aliphatic heterocycles. The summed E-state index contributed by atoms with van der Waals surface area (Å²) >= 11 is 9.32. The van der Waals surface area contributed by atoms with Crippen LogP contribution in [0.4, 0.5) is 0 Å². The first-order chi connectivity index (χ1) is 9.01. The Morgan fingerprint density at radius 3 is 2.63 bits per heavy atom. The number of rotatable bonds is 3. The Balaban J connectivity index is 2.41. The second-order valence-electron chi connectivity index (χ2n) is 4.56. The van der Waals surface area contributed by atoms with E-state index in [9.17, 15) is 0 Å². The minimum absolute atomic E-state index is 0.367. The zero-order valence-electron chi connectivity index (χ0n) is 11.1. The zero-order chi connectivity index (χ0) is 14.0. The van der Waals surface area contributed by atoms with Gasteiger partial charge in [-0.2, -0.15) is 0 Å². The van der Waals surface area contributed by atoms with E-state index < -0.39 is 0 Å². The van der Waals surface area contributed by atoms with Crippen molar-refractivity contribution in [2.45, 2.75) is 26.7 Å². The van der Waals surface area contributed by atoms with Crippen LogP contribution in [0, 0.1) is 20.8 Å². The van der Waals surface area contributed by atoms with Crippen molar-refractivity contribution in [3.8, 4) is 11.6 Å². The summed E-state index contributed by atoms with van der Waals surface area (Å²) < 4.78 is 6.83. The van der Waals surface area contributed by atoms with Crippen molar-refractivity contribution in [1.82, 2.24) is 4.98 Å². The first-order valence-corrected chi connectivity index (χ1v) is 7.30. The van der Waals surface area contributed by atoms with Crippen LogP contribution in [0.2, 0.25) is 0 Å². The Bertz CT molecular complexity index is 613. The second kappa shape index (κ2) is 5.93. The van der Waals surface area contributed by atoms with Gasteiger partial charge in [-0.25, -0.2) is 4.98 Å². The lowest BCUT2D eigenvalue weighted by Gasteiger charge is -2.13. The van der Waals surface area contributed by atoms with Gasteiger partial charge in [-0.05, 0) is 65.5 Å². The van der Waals surface area contributed by atoms with Gasteiger partial charge in [-0.3, -0.25) is 0 Å². The average Bonchev–Trinajstić information content (AvgIpc) is 2.37. The third-order valence-corrected chi connectivity index (χ3v) is 3.73. The van der Waals surface area contributed by atoms with Crippen molar-refractivity contribution in [3.63, 3.8) is 0 Å². The number of benzene rings is 1. The molecule has 0 saturated carbocycles. The fraction of sp³-hybridized carbons (Fsp3) is 0.267. The molecule has 0 aliphatic carbocycles. The molecule has 2 aromatic rings. The smallest absolute Gasteiger partial charge is 0.223 e. The molecular formula is C15H15BrClNO. The van der Waals surface area contributed by atoms with Crippen molar-refractivity contribution in [1.29, 1.82) is 0 Å². The van der Waals surface area contributed by atoms with Crippen molar-refractivity contribution in [3.05, 3.63) is 51.1 Å². The van der Waals surface area contributed by atoms with E-state index in [1.807, 2.05) is 19.1 Å². The lowest BCUT2D eigenvalue weighted by Crippen LogP contribution is -1.96. The van der Waals surface area contributed by atoms with E-state index in [2.05, 4.69) is 40.8 Å². The van der Waals surface area contributed by atoms with E-state index in [1.54, 1.807) is 6.20 Å². The number of hydrogen-bond donors (Lipinski definition) is 0. The first-order valence-electron chi connectivity index (χ1n) is 5.97. The highest BCUT2D eigenvalue weighted by Crippen LogP contribution is 2.30. The molecule has 1 aromatic carbocycles. The molecule has 0 atom stereocenters. The predicted molar refractivity (Wildman–Crippen MR) is 82.2 cm³/mol. The minimum atomic E-state index is 0.367. The number of aryl methyl sites for hydroxylation is 2. The van der Waals surface area contributed by atoms with Gasteiger partial charge in [0.1, 0.15) is 5.75 Å². The number of alkyl halides is 1. The molecule has 0 aliphatic rings. The normalized spacial score (nSPS) is 10.6. The third kappa shape index (κ3) is 3.28. The number of aromatic nitrogens is 1. The number of pyridine rings is 1. The first kappa shape index (κ1) is 14.4. The quantitative estimate of drug-likeness (QED) is 0.707. The minimum Gasteiger partial charge on any atom is -0.438 e. The van der Waals surface area contributed by atoms with Crippen molar-refractivity contribution in [2.75, 3.05) is 0 Å². The molecule has 1 heterocycles. The largest absolute Gasteiger partial charge is 0.438 e. The fourth-order valence-corrected chi connectivity index (χ4v) is 2.44. The molecule has 0 fully saturated rings. The highest BCUT2D eigenvalue weighted by molar-refractivity contribution is 9.10. The van der Waals surface area contributed by atoms with Crippen LogP contribution in [0.5, 0.6) is 11.6 Å². The molecule has 0 bridgehead atoms. The Morgan fingerprint density at radius 2 is 1.95 bits per heavy atom. The lowest BCUT2D eigenvalue weighted by molar-refractivity contribution is 0.454. The monoisotopic (exact) mass is 339 g/mol. The van der Waals surface area contributed by atoms with E-state index in [0.717, 1.165) is 21.3 Å². The van der Waals surface area contributed by atoms with Gasteiger partial charge < -0.3 is 4.74 Å². The van der Waals surface area contributed by atoms with Crippen LogP contribution in [0.3, 0.4) is 0 Å². The lowest BCUT2D eigenvalue weighted by atomic mass is 10.1. The van der Waals surface area contributed by atoms with Gasteiger partial charge >= 0.3 is 0 Å². The molecule has 1 aromatic heterocycles. The topological polar surface area (TPSA) is 22.1 Å². The summed E-state index contributed by atoms with van der Waals surface area (Å²) in [7, 11) is 0. The molecule has 4 heteroatoms. The standard InChI is InChI=1S/C15H15BrClNO/c1-9-4-10(2)11(3)14(5-9)19-15-12(7-17)6-13(16)8-18-15/h4-6,8H,7H2,1-3H3. The summed E-state index contributed by atoms with van der Waals surface area (Å²) in [5.74, 6) is 1.76. The number of halogens is 2. The summed E-state index contributed by atoms with van der Waals surface area (Å²) in [6.07, 6.45) is 1.71. The molecule has 100 valence electrons. The van der Waals surface area contributed by atoms with E-state index in [4.69, 9.17) is 16.3 Å². The molecule has 0 N–H and O–H groups in total. The van der Waals surface area contributed by atoms with Crippen LogP contribution in [0.15, 0.2) is 28.9 Å². The molecule has 2 rings (SSSR count). The van der Waals surface area contributed by atoms with Gasteiger partial charge in [0.2, 0.25) is 5.88 Å². The van der Waals surface area contributed by atoms with E-state index >= 15 is 0 Å². The van der Waals surface area contributed by atoms with Gasteiger partial charge in [0.05, 0.1) is 5.88 Å². The third-order valence-electron chi connectivity index (χ3n) is 3.01. The van der Waals surface area contributed by atoms with Crippen molar-refractivity contribution >= 4 is 27.5 Å². The van der Waals surface area contributed by atoms with Gasteiger partial charge in [0, 0.05) is 16.2 Å². The zero-order valence-corrected chi connectivity index (χ0v) is 13.5. The summed E-state index contributed by atoms with van der Waals surface area (Å²) in [5, 5.41) is 0. The van der Waals surface area contributed by atoms with Crippen LogP contribution < -0.4 is 4.74 Å².